The molecule has 0 spiro atoms. The SMILES string of the molecule is CCN(CC)Cc1ccccc1CNC(=O)C1CNC1. The van der Waals surface area contributed by atoms with E-state index in [1.807, 2.05) is 6.07 Å². The number of hydrogen-bond donors (Lipinski definition) is 2. The van der Waals surface area contributed by atoms with Gasteiger partial charge in [0.25, 0.3) is 0 Å². The first-order chi connectivity index (χ1) is 9.74. The summed E-state index contributed by atoms with van der Waals surface area (Å²) in [5.74, 6) is 0.325. The smallest absolute Gasteiger partial charge is 0.225 e. The molecule has 1 heterocycles. The van der Waals surface area contributed by atoms with Gasteiger partial charge in [0.1, 0.15) is 0 Å². The van der Waals surface area contributed by atoms with Gasteiger partial charge in [-0.3, -0.25) is 9.69 Å². The van der Waals surface area contributed by atoms with Crippen LogP contribution in [0.5, 0.6) is 0 Å². The van der Waals surface area contributed by atoms with Crippen LogP contribution in [0.25, 0.3) is 0 Å². The third-order valence-electron chi connectivity index (χ3n) is 4.01. The number of nitrogens with zero attached hydrogens (tertiary/aromatic N) is 1. The summed E-state index contributed by atoms with van der Waals surface area (Å²) >= 11 is 0. The van der Waals surface area contributed by atoms with E-state index in [0.717, 1.165) is 32.7 Å². The maximum Gasteiger partial charge on any atom is 0.225 e. The number of carbonyl (C=O) groups is 1. The quantitative estimate of drug-likeness (QED) is 0.790. The van der Waals surface area contributed by atoms with Crippen LogP contribution in [-0.2, 0) is 17.9 Å². The summed E-state index contributed by atoms with van der Waals surface area (Å²) in [6, 6.07) is 8.38. The van der Waals surface area contributed by atoms with Gasteiger partial charge in [0.2, 0.25) is 5.91 Å². The third-order valence-corrected chi connectivity index (χ3v) is 4.01. The Morgan fingerprint density at radius 2 is 1.90 bits per heavy atom. The van der Waals surface area contributed by atoms with Gasteiger partial charge in [-0.2, -0.15) is 0 Å². The number of rotatable bonds is 7. The highest BCUT2D eigenvalue weighted by Gasteiger charge is 2.24. The summed E-state index contributed by atoms with van der Waals surface area (Å²) in [4.78, 5) is 14.3. The van der Waals surface area contributed by atoms with Gasteiger partial charge in [-0.15, -0.1) is 0 Å². The Morgan fingerprint density at radius 3 is 2.45 bits per heavy atom. The Labute approximate surface area is 121 Å². The summed E-state index contributed by atoms with van der Waals surface area (Å²) < 4.78 is 0. The minimum atomic E-state index is 0.157. The summed E-state index contributed by atoms with van der Waals surface area (Å²) in [5, 5.41) is 6.18. The minimum absolute atomic E-state index is 0.157. The molecule has 0 aliphatic carbocycles. The van der Waals surface area contributed by atoms with Crippen LogP contribution < -0.4 is 10.6 Å². The average molecular weight is 275 g/mol. The molecular formula is C16H25N3O. The molecular weight excluding hydrogens is 250 g/mol. The Kier molecular flexibility index (Phi) is 5.56. The lowest BCUT2D eigenvalue weighted by Crippen LogP contribution is -2.50. The molecule has 1 aliphatic rings. The van der Waals surface area contributed by atoms with Gasteiger partial charge in [0, 0.05) is 26.2 Å². The largest absolute Gasteiger partial charge is 0.352 e. The molecule has 2 N–H and O–H groups in total. The molecule has 0 saturated carbocycles. The van der Waals surface area contributed by atoms with E-state index < -0.39 is 0 Å². The highest BCUT2D eigenvalue weighted by atomic mass is 16.2. The lowest BCUT2D eigenvalue weighted by Gasteiger charge is -2.26. The first-order valence-corrected chi connectivity index (χ1v) is 7.52. The first-order valence-electron chi connectivity index (χ1n) is 7.52. The zero-order chi connectivity index (χ0) is 14.4. The van der Waals surface area contributed by atoms with Crippen molar-refractivity contribution in [3.63, 3.8) is 0 Å². The molecule has 1 amide bonds. The molecule has 1 saturated heterocycles. The fourth-order valence-electron chi connectivity index (χ4n) is 2.37. The van der Waals surface area contributed by atoms with E-state index in [-0.39, 0.29) is 11.8 Å². The molecule has 20 heavy (non-hydrogen) atoms. The highest BCUT2D eigenvalue weighted by Crippen LogP contribution is 2.12. The number of amides is 1. The van der Waals surface area contributed by atoms with Gasteiger partial charge in [0.05, 0.1) is 5.92 Å². The highest BCUT2D eigenvalue weighted by molar-refractivity contribution is 5.80. The molecule has 1 aromatic rings. The van der Waals surface area contributed by atoms with Crippen LogP contribution in [0.1, 0.15) is 25.0 Å². The van der Waals surface area contributed by atoms with Crippen LogP contribution in [0.15, 0.2) is 24.3 Å². The summed E-state index contributed by atoms with van der Waals surface area (Å²) in [6.45, 7) is 9.65. The maximum atomic E-state index is 11.9. The van der Waals surface area contributed by atoms with Crippen molar-refractivity contribution in [2.24, 2.45) is 5.92 Å². The number of carbonyl (C=O) groups excluding carboxylic acids is 1. The van der Waals surface area contributed by atoms with Gasteiger partial charge in [0.15, 0.2) is 0 Å². The minimum Gasteiger partial charge on any atom is -0.352 e. The lowest BCUT2D eigenvalue weighted by molar-refractivity contribution is -0.126. The molecule has 0 radical (unpaired) electrons. The normalized spacial score (nSPS) is 15.2. The Bertz CT molecular complexity index is 439. The third kappa shape index (κ3) is 3.81. The molecule has 4 nitrogen and oxygen atoms in total. The van der Waals surface area contributed by atoms with Crippen LogP contribution in [0.2, 0.25) is 0 Å². The topological polar surface area (TPSA) is 44.4 Å². The van der Waals surface area contributed by atoms with Gasteiger partial charge in [-0.05, 0) is 24.2 Å². The Hall–Kier alpha value is -1.39. The molecule has 1 fully saturated rings. The number of hydrogen-bond acceptors (Lipinski definition) is 3. The fraction of sp³-hybridized carbons (Fsp3) is 0.562. The molecule has 0 aromatic heterocycles. The fourth-order valence-corrected chi connectivity index (χ4v) is 2.37. The zero-order valence-electron chi connectivity index (χ0n) is 12.5. The van der Waals surface area contributed by atoms with Crippen molar-refractivity contribution >= 4 is 5.91 Å². The summed E-state index contributed by atoms with van der Waals surface area (Å²) in [7, 11) is 0. The summed E-state index contributed by atoms with van der Waals surface area (Å²) in [6.07, 6.45) is 0. The van der Waals surface area contributed by atoms with Crippen molar-refractivity contribution in [3.8, 4) is 0 Å². The molecule has 2 rings (SSSR count). The zero-order valence-corrected chi connectivity index (χ0v) is 12.5. The molecule has 4 heteroatoms. The van der Waals surface area contributed by atoms with Crippen molar-refractivity contribution in [1.82, 2.24) is 15.5 Å². The van der Waals surface area contributed by atoms with Gasteiger partial charge >= 0.3 is 0 Å². The second-order valence-corrected chi connectivity index (χ2v) is 5.30. The van der Waals surface area contributed by atoms with Crippen LogP contribution in [0, 0.1) is 5.92 Å². The second-order valence-electron chi connectivity index (χ2n) is 5.30. The predicted molar refractivity (Wildman–Crippen MR) is 81.3 cm³/mol. The maximum absolute atomic E-state index is 11.9. The van der Waals surface area contributed by atoms with Crippen LogP contribution >= 0.6 is 0 Å². The van der Waals surface area contributed by atoms with Gasteiger partial charge in [-0.1, -0.05) is 38.1 Å². The van der Waals surface area contributed by atoms with Crippen LogP contribution in [0.3, 0.4) is 0 Å². The molecule has 0 atom stereocenters. The molecule has 0 bridgehead atoms. The number of benzene rings is 1. The van der Waals surface area contributed by atoms with E-state index in [0.29, 0.717) is 6.54 Å². The van der Waals surface area contributed by atoms with Crippen molar-refractivity contribution in [3.05, 3.63) is 35.4 Å². The average Bonchev–Trinajstić information content (AvgIpc) is 2.41. The van der Waals surface area contributed by atoms with Crippen molar-refractivity contribution in [1.29, 1.82) is 0 Å². The molecule has 0 unspecified atom stereocenters. The van der Waals surface area contributed by atoms with E-state index in [4.69, 9.17) is 0 Å². The van der Waals surface area contributed by atoms with E-state index >= 15 is 0 Å². The van der Waals surface area contributed by atoms with Crippen molar-refractivity contribution < 1.29 is 4.79 Å². The molecule has 1 aromatic carbocycles. The standard InChI is InChI=1S/C16H25N3O/c1-3-19(4-2)12-14-8-6-5-7-13(14)11-18-16(20)15-9-17-10-15/h5-8,15,17H,3-4,9-12H2,1-2H3,(H,18,20). The van der Waals surface area contributed by atoms with E-state index in [1.54, 1.807) is 0 Å². The van der Waals surface area contributed by atoms with Gasteiger partial charge < -0.3 is 10.6 Å². The lowest BCUT2D eigenvalue weighted by atomic mass is 10.0. The second kappa shape index (κ2) is 7.41. The molecule has 110 valence electrons. The number of nitrogens with one attached hydrogen (secondary N) is 2. The van der Waals surface area contributed by atoms with Crippen molar-refractivity contribution in [2.45, 2.75) is 26.9 Å². The Morgan fingerprint density at radius 1 is 1.25 bits per heavy atom. The molecule has 1 aliphatic heterocycles. The monoisotopic (exact) mass is 275 g/mol. The van der Waals surface area contributed by atoms with Crippen LogP contribution in [-0.4, -0.2) is 37.0 Å². The van der Waals surface area contributed by atoms with E-state index in [2.05, 4.69) is 47.6 Å². The van der Waals surface area contributed by atoms with E-state index in [9.17, 15) is 4.79 Å². The van der Waals surface area contributed by atoms with Crippen LogP contribution in [0.4, 0.5) is 0 Å². The van der Waals surface area contributed by atoms with Gasteiger partial charge in [-0.25, -0.2) is 0 Å². The first kappa shape index (κ1) is 15.0. The predicted octanol–water partition coefficient (Wildman–Crippen LogP) is 1.36. The van der Waals surface area contributed by atoms with Crippen molar-refractivity contribution in [2.75, 3.05) is 26.2 Å². The van der Waals surface area contributed by atoms with E-state index in [1.165, 1.54) is 11.1 Å². The summed E-state index contributed by atoms with van der Waals surface area (Å²) in [5.41, 5.74) is 2.53. The Balaban J connectivity index is 1.94.